The van der Waals surface area contributed by atoms with Crippen molar-refractivity contribution in [2.75, 3.05) is 26.0 Å². The van der Waals surface area contributed by atoms with Crippen LogP contribution in [0.4, 0.5) is 10.2 Å². The first kappa shape index (κ1) is 22.4. The summed E-state index contributed by atoms with van der Waals surface area (Å²) < 4.78 is 25.6. The number of nitrogens with two attached hydrogens (primary N) is 1. The Hall–Kier alpha value is -3.79. The van der Waals surface area contributed by atoms with Crippen LogP contribution in [0.3, 0.4) is 0 Å². The number of hydrogen-bond acceptors (Lipinski definition) is 9. The van der Waals surface area contributed by atoms with Crippen LogP contribution in [-0.2, 0) is 4.74 Å². The van der Waals surface area contributed by atoms with Crippen LogP contribution < -0.4 is 21.2 Å². The molecule has 172 valence electrons. The number of halogens is 1. The van der Waals surface area contributed by atoms with Crippen LogP contribution in [-0.4, -0.2) is 48.9 Å². The van der Waals surface area contributed by atoms with Crippen LogP contribution in [0, 0.1) is 16.6 Å². The van der Waals surface area contributed by atoms with E-state index in [2.05, 4.69) is 20.8 Å². The van der Waals surface area contributed by atoms with Gasteiger partial charge in [-0.3, -0.25) is 5.41 Å². The van der Waals surface area contributed by atoms with E-state index in [0.29, 0.717) is 52.6 Å². The number of fused-ring (bicyclic) bond motifs is 3. The Balaban J connectivity index is 1.94. The van der Waals surface area contributed by atoms with Crippen molar-refractivity contribution in [1.29, 1.82) is 10.8 Å². The molecule has 3 heterocycles. The highest BCUT2D eigenvalue weighted by atomic mass is 19.1. The first-order valence-corrected chi connectivity index (χ1v) is 10.5. The molecule has 4 rings (SSSR count). The van der Waals surface area contributed by atoms with Gasteiger partial charge in [0.05, 0.1) is 30.7 Å². The number of benzene rings is 1. The lowest BCUT2D eigenvalue weighted by Crippen LogP contribution is -2.45. The Labute approximate surface area is 190 Å². The predicted octanol–water partition coefficient (Wildman–Crippen LogP) is 2.64. The van der Waals surface area contributed by atoms with Gasteiger partial charge in [0.2, 0.25) is 0 Å². The minimum Gasteiger partial charge on any atom is -0.482 e. The van der Waals surface area contributed by atoms with Gasteiger partial charge in [-0.15, -0.1) is 0 Å². The molecule has 0 radical (unpaired) electrons. The van der Waals surface area contributed by atoms with E-state index in [-0.39, 0.29) is 24.0 Å². The highest BCUT2D eigenvalue weighted by molar-refractivity contribution is 6.48. The second kappa shape index (κ2) is 9.37. The molecule has 0 unspecified atom stereocenters. The van der Waals surface area contributed by atoms with E-state index in [1.807, 2.05) is 0 Å². The van der Waals surface area contributed by atoms with Crippen molar-refractivity contribution in [1.82, 2.24) is 15.7 Å². The SMILES string of the molecule is CN/N=C1/C/C(C=N)=C(/NC2COC2)c2cnc(N)c(c2)O[C@H](C)c2cc(F)ccc2C1=N. The van der Waals surface area contributed by atoms with Gasteiger partial charge in [-0.2, -0.15) is 5.10 Å². The Morgan fingerprint density at radius 2 is 2.09 bits per heavy atom. The largest absolute Gasteiger partial charge is 0.482 e. The first-order chi connectivity index (χ1) is 15.9. The van der Waals surface area contributed by atoms with Crippen molar-refractivity contribution in [3.63, 3.8) is 0 Å². The van der Waals surface area contributed by atoms with E-state index in [1.165, 1.54) is 18.3 Å². The molecule has 2 aliphatic heterocycles. The van der Waals surface area contributed by atoms with Crippen LogP contribution >= 0.6 is 0 Å². The number of ether oxygens (including phenoxy) is 2. The molecule has 0 spiro atoms. The van der Waals surface area contributed by atoms with E-state index in [1.54, 1.807) is 32.3 Å². The van der Waals surface area contributed by atoms with Gasteiger partial charge in [0.25, 0.3) is 0 Å². The quantitative estimate of drug-likeness (QED) is 0.357. The van der Waals surface area contributed by atoms with E-state index >= 15 is 0 Å². The maximum absolute atomic E-state index is 14.2. The highest BCUT2D eigenvalue weighted by Crippen LogP contribution is 2.32. The van der Waals surface area contributed by atoms with E-state index in [4.69, 9.17) is 26.0 Å². The summed E-state index contributed by atoms with van der Waals surface area (Å²) in [6, 6.07) is 6.03. The molecule has 1 atom stereocenters. The molecule has 1 fully saturated rings. The zero-order chi connectivity index (χ0) is 23.5. The predicted molar refractivity (Wildman–Crippen MR) is 125 cm³/mol. The number of nitrogens with zero attached hydrogens (tertiary/aromatic N) is 2. The number of nitrogens with one attached hydrogen (secondary N) is 4. The summed E-state index contributed by atoms with van der Waals surface area (Å²) >= 11 is 0. The first-order valence-electron chi connectivity index (χ1n) is 10.5. The summed E-state index contributed by atoms with van der Waals surface area (Å²) in [6.45, 7) is 2.86. The smallest absolute Gasteiger partial charge is 0.166 e. The Bertz CT molecular complexity index is 1160. The molecule has 1 aromatic carbocycles. The number of rotatable bonds is 4. The third kappa shape index (κ3) is 4.56. The summed E-state index contributed by atoms with van der Waals surface area (Å²) in [6.07, 6.45) is 2.41. The third-order valence-corrected chi connectivity index (χ3v) is 5.57. The number of pyridine rings is 1. The zero-order valence-corrected chi connectivity index (χ0v) is 18.4. The van der Waals surface area contributed by atoms with Gasteiger partial charge in [-0.25, -0.2) is 9.37 Å². The number of aromatic nitrogens is 1. The minimum atomic E-state index is -0.617. The monoisotopic (exact) mass is 451 g/mol. The van der Waals surface area contributed by atoms with Gasteiger partial charge in [-0.05, 0) is 36.8 Å². The molecule has 1 aromatic heterocycles. The molecule has 0 saturated carbocycles. The number of hydrazone groups is 1. The standard InChI is InChI=1S/C23H26FN7O2/c1-12-18-7-15(24)3-4-17(18)21(26)19(31-28-2)5-13(8-25)22(30-16-10-32-11-16)14-6-20(33-12)23(27)29-9-14/h3-4,6-9,12,16,25-26,28,30H,5,10-11H2,1-2H3,(H2,27,29)/b22-13-,25-8?,26-21?,31-19-/t12-/m1/s1. The van der Waals surface area contributed by atoms with Crippen LogP contribution in [0.5, 0.6) is 5.75 Å². The van der Waals surface area contributed by atoms with Crippen molar-refractivity contribution in [2.45, 2.75) is 25.5 Å². The van der Waals surface area contributed by atoms with Gasteiger partial charge in [0.1, 0.15) is 11.9 Å². The van der Waals surface area contributed by atoms with Crippen LogP contribution in [0.15, 0.2) is 41.1 Å². The minimum absolute atomic E-state index is 0.0801. The fourth-order valence-corrected chi connectivity index (χ4v) is 3.79. The summed E-state index contributed by atoms with van der Waals surface area (Å²) in [7, 11) is 1.64. The topological polar surface area (TPSA) is 141 Å². The molecule has 2 aromatic rings. The Kier molecular flexibility index (Phi) is 6.36. The molecular formula is C23H26FN7O2. The van der Waals surface area contributed by atoms with Crippen molar-refractivity contribution in [3.05, 3.63) is 58.5 Å². The highest BCUT2D eigenvalue weighted by Gasteiger charge is 2.26. The summed E-state index contributed by atoms with van der Waals surface area (Å²) in [5.74, 6) is 0.0844. The number of hydrogen-bond donors (Lipinski definition) is 5. The van der Waals surface area contributed by atoms with Gasteiger partial charge in [-0.1, -0.05) is 0 Å². The van der Waals surface area contributed by atoms with Crippen LogP contribution in [0.25, 0.3) is 5.70 Å². The van der Waals surface area contributed by atoms with Crippen LogP contribution in [0.1, 0.15) is 36.1 Å². The Morgan fingerprint density at radius 3 is 2.76 bits per heavy atom. The normalized spacial score (nSPS) is 22.3. The molecule has 2 bridgehead atoms. The third-order valence-electron chi connectivity index (χ3n) is 5.57. The van der Waals surface area contributed by atoms with Crippen molar-refractivity contribution in [2.24, 2.45) is 5.10 Å². The number of allylic oxidation sites excluding steroid dienone is 1. The van der Waals surface area contributed by atoms with Crippen LogP contribution in [0.2, 0.25) is 0 Å². The molecule has 0 amide bonds. The molecule has 6 N–H and O–H groups in total. The molecule has 10 heteroatoms. The second-order valence-corrected chi connectivity index (χ2v) is 7.86. The molecule has 33 heavy (non-hydrogen) atoms. The average molecular weight is 452 g/mol. The summed E-state index contributed by atoms with van der Waals surface area (Å²) in [5, 5.41) is 24.7. The summed E-state index contributed by atoms with van der Waals surface area (Å²) in [5.41, 5.74) is 12.2. The lowest BCUT2D eigenvalue weighted by atomic mass is 9.92. The Morgan fingerprint density at radius 1 is 1.30 bits per heavy atom. The van der Waals surface area contributed by atoms with Gasteiger partial charge in [0, 0.05) is 48.3 Å². The lowest BCUT2D eigenvalue weighted by Gasteiger charge is -2.30. The fourth-order valence-electron chi connectivity index (χ4n) is 3.79. The molecule has 9 nitrogen and oxygen atoms in total. The van der Waals surface area contributed by atoms with E-state index in [0.717, 1.165) is 0 Å². The maximum Gasteiger partial charge on any atom is 0.166 e. The molecular weight excluding hydrogens is 425 g/mol. The van der Waals surface area contributed by atoms with E-state index in [9.17, 15) is 4.39 Å². The maximum atomic E-state index is 14.2. The zero-order valence-electron chi connectivity index (χ0n) is 18.4. The molecule has 0 aliphatic carbocycles. The van der Waals surface area contributed by atoms with Gasteiger partial charge in [0.15, 0.2) is 11.6 Å². The molecule has 1 saturated heterocycles. The second-order valence-electron chi connectivity index (χ2n) is 7.86. The fraction of sp³-hybridized carbons (Fsp3) is 0.304. The van der Waals surface area contributed by atoms with Crippen molar-refractivity contribution >= 4 is 29.2 Å². The molecule has 2 aliphatic rings. The summed E-state index contributed by atoms with van der Waals surface area (Å²) in [4.78, 5) is 4.29. The average Bonchev–Trinajstić information content (AvgIpc) is 2.77. The van der Waals surface area contributed by atoms with Gasteiger partial charge >= 0.3 is 0 Å². The van der Waals surface area contributed by atoms with E-state index < -0.39 is 11.9 Å². The lowest BCUT2D eigenvalue weighted by molar-refractivity contribution is 0.00201. The number of anilines is 1. The van der Waals surface area contributed by atoms with Crippen molar-refractivity contribution in [3.8, 4) is 5.75 Å². The van der Waals surface area contributed by atoms with Gasteiger partial charge < -0.3 is 31.4 Å². The van der Waals surface area contributed by atoms with Crippen molar-refractivity contribution < 1.29 is 13.9 Å². The number of nitrogen functional groups attached to an aromatic ring is 1.